The van der Waals surface area contributed by atoms with E-state index in [9.17, 15) is 14.0 Å². The zero-order valence-electron chi connectivity index (χ0n) is 12.6. The number of anilines is 1. The topological polar surface area (TPSA) is 67.4 Å². The summed E-state index contributed by atoms with van der Waals surface area (Å²) in [7, 11) is 1.54. The Labute approximate surface area is 133 Å². The van der Waals surface area contributed by atoms with E-state index in [1.54, 1.807) is 30.3 Å². The van der Waals surface area contributed by atoms with Gasteiger partial charge in [-0.2, -0.15) is 0 Å². The molecule has 23 heavy (non-hydrogen) atoms. The highest BCUT2D eigenvalue weighted by Gasteiger charge is 2.15. The highest BCUT2D eigenvalue weighted by molar-refractivity contribution is 6.09. The van der Waals surface area contributed by atoms with Gasteiger partial charge in [-0.1, -0.05) is 24.3 Å². The van der Waals surface area contributed by atoms with Crippen LogP contribution >= 0.6 is 0 Å². The summed E-state index contributed by atoms with van der Waals surface area (Å²) in [5, 5.41) is 5.24. The van der Waals surface area contributed by atoms with Gasteiger partial charge >= 0.3 is 0 Å². The number of carbonyl (C=O) groups excluding carboxylic acids is 2. The molecule has 0 aliphatic heterocycles. The van der Waals surface area contributed by atoms with Crippen LogP contribution in [0.5, 0.6) is 0 Å². The maximum atomic E-state index is 13.7. The second-order valence-corrected chi connectivity index (χ2v) is 4.73. The average molecular weight is 316 g/mol. The lowest BCUT2D eigenvalue weighted by atomic mass is 10.1. The van der Waals surface area contributed by atoms with E-state index in [0.717, 1.165) is 0 Å². The third kappa shape index (κ3) is 4.37. The lowest BCUT2D eigenvalue weighted by Gasteiger charge is -2.11. The zero-order chi connectivity index (χ0) is 16.7. The van der Waals surface area contributed by atoms with E-state index in [-0.39, 0.29) is 11.5 Å². The first-order chi connectivity index (χ1) is 11.1. The zero-order valence-corrected chi connectivity index (χ0v) is 12.6. The van der Waals surface area contributed by atoms with Crippen molar-refractivity contribution in [1.82, 2.24) is 5.32 Å². The van der Waals surface area contributed by atoms with Crippen LogP contribution in [0, 0.1) is 5.82 Å². The lowest BCUT2D eigenvalue weighted by molar-refractivity contribution is 0.0938. The highest BCUT2D eigenvalue weighted by atomic mass is 19.1. The number of rotatable bonds is 6. The molecular weight excluding hydrogens is 299 g/mol. The van der Waals surface area contributed by atoms with Crippen molar-refractivity contribution in [2.24, 2.45) is 0 Å². The molecule has 2 aromatic rings. The molecule has 2 aromatic carbocycles. The van der Waals surface area contributed by atoms with Crippen molar-refractivity contribution < 1.29 is 18.7 Å². The van der Waals surface area contributed by atoms with Gasteiger partial charge in [-0.25, -0.2) is 4.39 Å². The van der Waals surface area contributed by atoms with Gasteiger partial charge in [0.05, 0.1) is 23.4 Å². The van der Waals surface area contributed by atoms with Crippen LogP contribution in [-0.2, 0) is 4.74 Å². The van der Waals surface area contributed by atoms with Crippen LogP contribution in [0.1, 0.15) is 20.7 Å². The molecule has 0 unspecified atom stereocenters. The van der Waals surface area contributed by atoms with Crippen LogP contribution in [0.15, 0.2) is 48.5 Å². The van der Waals surface area contributed by atoms with E-state index in [2.05, 4.69) is 10.6 Å². The minimum Gasteiger partial charge on any atom is -0.383 e. The van der Waals surface area contributed by atoms with Gasteiger partial charge < -0.3 is 15.4 Å². The molecule has 0 aliphatic carbocycles. The fourth-order valence-electron chi connectivity index (χ4n) is 1.99. The number of benzene rings is 2. The van der Waals surface area contributed by atoms with Crippen molar-refractivity contribution in [2.45, 2.75) is 0 Å². The number of para-hydroxylation sites is 1. The van der Waals surface area contributed by atoms with E-state index in [1.165, 1.54) is 25.3 Å². The first-order valence-corrected chi connectivity index (χ1v) is 7.05. The molecule has 0 saturated carbocycles. The van der Waals surface area contributed by atoms with Crippen LogP contribution in [0.25, 0.3) is 0 Å². The fraction of sp³-hybridized carbons (Fsp3) is 0.176. The van der Waals surface area contributed by atoms with E-state index < -0.39 is 11.7 Å². The molecule has 120 valence electrons. The van der Waals surface area contributed by atoms with Gasteiger partial charge in [0.25, 0.3) is 11.8 Å². The molecule has 0 atom stereocenters. The molecule has 0 fully saturated rings. The fourth-order valence-corrected chi connectivity index (χ4v) is 1.99. The summed E-state index contributed by atoms with van der Waals surface area (Å²) < 4.78 is 18.5. The molecule has 0 aliphatic rings. The van der Waals surface area contributed by atoms with Crippen molar-refractivity contribution >= 4 is 17.5 Å². The molecule has 2 rings (SSSR count). The van der Waals surface area contributed by atoms with Gasteiger partial charge in [0.1, 0.15) is 5.82 Å². The van der Waals surface area contributed by atoms with Crippen molar-refractivity contribution in [1.29, 1.82) is 0 Å². The molecule has 2 amide bonds. The quantitative estimate of drug-likeness (QED) is 0.805. The van der Waals surface area contributed by atoms with E-state index in [0.29, 0.717) is 24.4 Å². The average Bonchev–Trinajstić information content (AvgIpc) is 2.55. The maximum Gasteiger partial charge on any atom is 0.258 e. The molecule has 0 heterocycles. The number of nitrogens with one attached hydrogen (secondary N) is 2. The molecule has 0 saturated heterocycles. The van der Waals surface area contributed by atoms with E-state index >= 15 is 0 Å². The van der Waals surface area contributed by atoms with E-state index in [1.807, 2.05) is 0 Å². The van der Waals surface area contributed by atoms with Crippen LogP contribution < -0.4 is 10.6 Å². The van der Waals surface area contributed by atoms with Gasteiger partial charge in [0.15, 0.2) is 0 Å². The van der Waals surface area contributed by atoms with Crippen LogP contribution in [0.4, 0.5) is 10.1 Å². The van der Waals surface area contributed by atoms with Crippen LogP contribution in [0.3, 0.4) is 0 Å². The second-order valence-electron chi connectivity index (χ2n) is 4.73. The molecule has 0 spiro atoms. The van der Waals surface area contributed by atoms with Crippen molar-refractivity contribution in [3.05, 3.63) is 65.5 Å². The normalized spacial score (nSPS) is 10.2. The highest BCUT2D eigenvalue weighted by Crippen LogP contribution is 2.17. The SMILES string of the molecule is COCCNC(=O)c1ccccc1NC(=O)c1ccccc1F. The Kier molecular flexibility index (Phi) is 5.82. The summed E-state index contributed by atoms with van der Waals surface area (Å²) in [6.07, 6.45) is 0. The minimum atomic E-state index is -0.618. The number of hydrogen-bond donors (Lipinski definition) is 2. The summed E-state index contributed by atoms with van der Waals surface area (Å²) in [4.78, 5) is 24.3. The van der Waals surface area contributed by atoms with E-state index in [4.69, 9.17) is 4.74 Å². The Morgan fingerprint density at radius 3 is 2.35 bits per heavy atom. The summed E-state index contributed by atoms with van der Waals surface area (Å²) >= 11 is 0. The largest absolute Gasteiger partial charge is 0.383 e. The monoisotopic (exact) mass is 316 g/mol. The third-order valence-electron chi connectivity index (χ3n) is 3.13. The number of methoxy groups -OCH3 is 1. The van der Waals surface area contributed by atoms with Crippen molar-refractivity contribution in [2.75, 3.05) is 25.6 Å². The number of ether oxygens (including phenoxy) is 1. The predicted octanol–water partition coefficient (Wildman–Crippen LogP) is 2.45. The maximum absolute atomic E-state index is 13.7. The van der Waals surface area contributed by atoms with Crippen LogP contribution in [0.2, 0.25) is 0 Å². The van der Waals surface area contributed by atoms with Gasteiger partial charge in [0, 0.05) is 13.7 Å². The Morgan fingerprint density at radius 1 is 1.00 bits per heavy atom. The second kappa shape index (κ2) is 8.05. The Balaban J connectivity index is 2.16. The lowest BCUT2D eigenvalue weighted by Crippen LogP contribution is -2.28. The van der Waals surface area contributed by atoms with Crippen molar-refractivity contribution in [3.8, 4) is 0 Å². The molecule has 0 radical (unpaired) electrons. The smallest absolute Gasteiger partial charge is 0.258 e. The number of hydrogen-bond acceptors (Lipinski definition) is 3. The summed E-state index contributed by atoms with van der Waals surface area (Å²) in [5.74, 6) is -1.57. The standard InChI is InChI=1S/C17H17FN2O3/c1-23-11-10-19-16(21)13-7-3-5-9-15(13)20-17(22)12-6-2-4-8-14(12)18/h2-9H,10-11H2,1H3,(H,19,21)(H,20,22). The Bertz CT molecular complexity index is 704. The molecule has 2 N–H and O–H groups in total. The molecule has 6 heteroatoms. The summed E-state index contributed by atoms with van der Waals surface area (Å²) in [5.41, 5.74) is 0.533. The van der Waals surface area contributed by atoms with Crippen LogP contribution in [-0.4, -0.2) is 32.1 Å². The van der Waals surface area contributed by atoms with Crippen molar-refractivity contribution in [3.63, 3.8) is 0 Å². The van der Waals surface area contributed by atoms with Gasteiger partial charge in [-0.3, -0.25) is 9.59 Å². The first kappa shape index (κ1) is 16.6. The van der Waals surface area contributed by atoms with Gasteiger partial charge in [-0.05, 0) is 24.3 Å². The summed E-state index contributed by atoms with van der Waals surface area (Å²) in [6, 6.07) is 12.2. The van der Waals surface area contributed by atoms with Gasteiger partial charge in [0.2, 0.25) is 0 Å². The Hall–Kier alpha value is -2.73. The molecule has 0 bridgehead atoms. The molecule has 5 nitrogen and oxygen atoms in total. The molecule has 0 aromatic heterocycles. The predicted molar refractivity (Wildman–Crippen MR) is 85.0 cm³/mol. The van der Waals surface area contributed by atoms with Gasteiger partial charge in [-0.15, -0.1) is 0 Å². The number of carbonyl (C=O) groups is 2. The number of halogens is 1. The minimum absolute atomic E-state index is 0.0814. The number of amides is 2. The molecular formula is C17H17FN2O3. The summed E-state index contributed by atoms with van der Waals surface area (Å²) in [6.45, 7) is 0.737. The third-order valence-corrected chi connectivity index (χ3v) is 3.13. The first-order valence-electron chi connectivity index (χ1n) is 7.05. The Morgan fingerprint density at radius 2 is 1.65 bits per heavy atom.